The molecule has 23 heavy (non-hydrogen) atoms. The topological polar surface area (TPSA) is 58.6 Å². The zero-order valence-corrected chi connectivity index (χ0v) is 13.5. The molecular weight excluding hydrogens is 325 g/mol. The Labute approximate surface area is 132 Å². The van der Waals surface area contributed by atoms with Gasteiger partial charge in [0.05, 0.1) is 0 Å². The van der Waals surface area contributed by atoms with E-state index in [1.165, 1.54) is 0 Å². The van der Waals surface area contributed by atoms with Gasteiger partial charge >= 0.3 is 12.3 Å². The number of halogens is 5. The minimum Gasteiger partial charge on any atom is -0.444 e. The molecule has 0 aliphatic heterocycles. The lowest BCUT2D eigenvalue weighted by Crippen LogP contribution is -2.40. The first-order valence-corrected chi connectivity index (χ1v) is 7.29. The highest BCUT2D eigenvalue weighted by atomic mass is 19.4. The van der Waals surface area contributed by atoms with Gasteiger partial charge in [0, 0.05) is 31.9 Å². The summed E-state index contributed by atoms with van der Waals surface area (Å²) < 4.78 is 68.5. The highest BCUT2D eigenvalue weighted by Crippen LogP contribution is 2.28. The Bertz CT molecular complexity index is 366. The van der Waals surface area contributed by atoms with Crippen molar-refractivity contribution in [3.63, 3.8) is 0 Å². The maximum atomic E-state index is 13.3. The fourth-order valence-corrected chi connectivity index (χ4v) is 1.77. The number of rotatable bonds is 8. The molecular formula is C14H24F5NO3. The maximum Gasteiger partial charge on any atom is 0.407 e. The molecule has 4 nitrogen and oxygen atoms in total. The molecule has 0 bridgehead atoms. The lowest BCUT2D eigenvalue weighted by molar-refractivity contribution is -0.137. The van der Waals surface area contributed by atoms with Crippen molar-refractivity contribution in [3.05, 3.63) is 0 Å². The third-order valence-corrected chi connectivity index (χ3v) is 2.83. The van der Waals surface area contributed by atoms with Crippen molar-refractivity contribution in [1.29, 1.82) is 0 Å². The van der Waals surface area contributed by atoms with E-state index in [2.05, 4.69) is 5.32 Å². The van der Waals surface area contributed by atoms with Crippen molar-refractivity contribution >= 4 is 6.09 Å². The molecule has 0 saturated carbocycles. The second-order valence-corrected chi connectivity index (χ2v) is 6.37. The van der Waals surface area contributed by atoms with E-state index in [0.717, 1.165) is 0 Å². The molecule has 1 atom stereocenters. The molecule has 0 heterocycles. The van der Waals surface area contributed by atoms with E-state index in [0.29, 0.717) is 0 Å². The Morgan fingerprint density at radius 3 is 2.00 bits per heavy atom. The Kier molecular flexibility index (Phi) is 8.23. The van der Waals surface area contributed by atoms with Gasteiger partial charge < -0.3 is 15.2 Å². The summed E-state index contributed by atoms with van der Waals surface area (Å²) in [5.41, 5.74) is -0.848. The van der Waals surface area contributed by atoms with Crippen LogP contribution in [0.2, 0.25) is 0 Å². The molecule has 0 radical (unpaired) electrons. The van der Waals surface area contributed by atoms with Gasteiger partial charge in [-0.1, -0.05) is 0 Å². The molecule has 9 heteroatoms. The summed E-state index contributed by atoms with van der Waals surface area (Å²) in [7, 11) is 0. The minimum atomic E-state index is -4.44. The Morgan fingerprint density at radius 2 is 1.57 bits per heavy atom. The van der Waals surface area contributed by atoms with Gasteiger partial charge in [-0.2, -0.15) is 13.2 Å². The van der Waals surface area contributed by atoms with Gasteiger partial charge in [0.1, 0.15) is 5.60 Å². The average molecular weight is 349 g/mol. The predicted octanol–water partition coefficient (Wildman–Crippen LogP) is 4.02. The lowest BCUT2D eigenvalue weighted by atomic mass is 10.0. The third kappa shape index (κ3) is 13.1. The lowest BCUT2D eigenvalue weighted by Gasteiger charge is -2.25. The summed E-state index contributed by atoms with van der Waals surface area (Å²) in [5.74, 6) is -3.19. The molecule has 0 aliphatic rings. The van der Waals surface area contributed by atoms with Gasteiger partial charge in [0.25, 0.3) is 0 Å². The molecule has 138 valence electrons. The van der Waals surface area contributed by atoms with Crippen LogP contribution in [0.15, 0.2) is 0 Å². The molecule has 1 unspecified atom stereocenters. The molecule has 0 saturated heterocycles. The van der Waals surface area contributed by atoms with Crippen molar-refractivity contribution in [2.24, 2.45) is 0 Å². The van der Waals surface area contributed by atoms with E-state index in [4.69, 9.17) is 9.84 Å². The molecule has 0 spiro atoms. The van der Waals surface area contributed by atoms with Crippen LogP contribution >= 0.6 is 0 Å². The molecule has 0 aromatic carbocycles. The van der Waals surface area contributed by atoms with Gasteiger partial charge in [-0.05, 0) is 33.6 Å². The fraction of sp³-hybridized carbons (Fsp3) is 0.929. The molecule has 1 amide bonds. The van der Waals surface area contributed by atoms with Crippen LogP contribution in [0.25, 0.3) is 0 Å². The highest BCUT2D eigenvalue weighted by Gasteiger charge is 2.33. The van der Waals surface area contributed by atoms with E-state index in [9.17, 15) is 26.7 Å². The largest absolute Gasteiger partial charge is 0.444 e. The number of hydrogen-bond donors (Lipinski definition) is 2. The summed E-state index contributed by atoms with van der Waals surface area (Å²) in [6.07, 6.45) is -8.95. The Balaban J connectivity index is 4.65. The van der Waals surface area contributed by atoms with Gasteiger partial charge in [-0.15, -0.1) is 0 Å². The number of nitrogens with one attached hydrogen (secondary N) is 1. The van der Waals surface area contributed by atoms with E-state index >= 15 is 0 Å². The molecule has 0 fully saturated rings. The molecule has 0 rings (SSSR count). The van der Waals surface area contributed by atoms with Crippen LogP contribution in [-0.4, -0.2) is 41.5 Å². The van der Waals surface area contributed by atoms with Crippen molar-refractivity contribution < 1.29 is 36.6 Å². The van der Waals surface area contributed by atoms with Gasteiger partial charge in [0.15, 0.2) is 0 Å². The van der Waals surface area contributed by atoms with Crippen molar-refractivity contribution in [3.8, 4) is 0 Å². The summed E-state index contributed by atoms with van der Waals surface area (Å²) in [4.78, 5) is 11.6. The maximum absolute atomic E-state index is 13.3. The number of aliphatic hydroxyl groups is 1. The van der Waals surface area contributed by atoms with E-state index < -0.39 is 62.1 Å². The van der Waals surface area contributed by atoms with Crippen LogP contribution in [-0.2, 0) is 4.74 Å². The van der Waals surface area contributed by atoms with Crippen molar-refractivity contribution in [2.45, 2.75) is 76.6 Å². The van der Waals surface area contributed by atoms with Crippen LogP contribution < -0.4 is 5.32 Å². The van der Waals surface area contributed by atoms with Gasteiger partial charge in [0.2, 0.25) is 5.92 Å². The zero-order chi connectivity index (χ0) is 18.3. The monoisotopic (exact) mass is 349 g/mol. The first-order chi connectivity index (χ1) is 10.2. The summed E-state index contributed by atoms with van der Waals surface area (Å²) in [5, 5.41) is 10.7. The third-order valence-electron chi connectivity index (χ3n) is 2.83. The van der Waals surface area contributed by atoms with E-state index in [1.807, 2.05) is 0 Å². The second-order valence-electron chi connectivity index (χ2n) is 6.37. The van der Waals surface area contributed by atoms with Crippen molar-refractivity contribution in [1.82, 2.24) is 5.32 Å². The summed E-state index contributed by atoms with van der Waals surface area (Å²) in [6, 6.07) is -1.09. The van der Waals surface area contributed by atoms with Crippen LogP contribution in [0.1, 0.15) is 52.9 Å². The minimum absolute atomic E-state index is 0.345. The highest BCUT2D eigenvalue weighted by molar-refractivity contribution is 5.68. The van der Waals surface area contributed by atoms with Crippen LogP contribution in [0.5, 0.6) is 0 Å². The van der Waals surface area contributed by atoms with Crippen molar-refractivity contribution in [2.75, 3.05) is 6.61 Å². The molecule has 0 aromatic rings. The van der Waals surface area contributed by atoms with Gasteiger partial charge in [-0.3, -0.25) is 0 Å². The van der Waals surface area contributed by atoms with Crippen LogP contribution in [0.4, 0.5) is 26.7 Å². The summed E-state index contributed by atoms with van der Waals surface area (Å²) in [6.45, 7) is 4.01. The number of carbonyl (C=O) groups excluding carboxylic acids is 1. The predicted molar refractivity (Wildman–Crippen MR) is 74.3 cm³/mol. The van der Waals surface area contributed by atoms with E-state index in [1.54, 1.807) is 20.8 Å². The normalized spacial score (nSPS) is 14.5. The smallest absolute Gasteiger partial charge is 0.407 e. The first-order valence-electron chi connectivity index (χ1n) is 7.29. The Morgan fingerprint density at radius 1 is 1.04 bits per heavy atom. The number of alkyl carbamates (subject to hydrolysis) is 1. The number of amides is 1. The molecule has 2 N–H and O–H groups in total. The van der Waals surface area contributed by atoms with Crippen LogP contribution in [0.3, 0.4) is 0 Å². The quantitative estimate of drug-likeness (QED) is 0.651. The van der Waals surface area contributed by atoms with Gasteiger partial charge in [-0.25, -0.2) is 13.6 Å². The zero-order valence-electron chi connectivity index (χ0n) is 13.5. The first kappa shape index (κ1) is 21.9. The Hall–Kier alpha value is -1.12. The number of hydrogen-bond acceptors (Lipinski definition) is 3. The van der Waals surface area contributed by atoms with Crippen LogP contribution in [0, 0.1) is 0 Å². The summed E-state index contributed by atoms with van der Waals surface area (Å²) >= 11 is 0. The molecule has 0 aliphatic carbocycles. The molecule has 0 aromatic heterocycles. The van der Waals surface area contributed by atoms with E-state index in [-0.39, 0.29) is 6.42 Å². The SMILES string of the molecule is CC(C)(C)OC(=O)NC(CCC(F)(F)F)CCC(F)(F)CCO. The number of carbonyl (C=O) groups is 1. The second kappa shape index (κ2) is 8.65. The fourth-order valence-electron chi connectivity index (χ4n) is 1.77. The number of ether oxygens (including phenoxy) is 1. The number of alkyl halides is 5. The average Bonchev–Trinajstić information content (AvgIpc) is 2.29. The number of aliphatic hydroxyl groups excluding tert-OH is 1. The standard InChI is InChI=1S/C14H24F5NO3/c1-12(2,3)23-11(22)20-10(5-7-14(17,18)19)4-6-13(15,16)8-9-21/h10,21H,4-9H2,1-3H3,(H,20,22).